The van der Waals surface area contributed by atoms with Gasteiger partial charge in [0.2, 0.25) is 0 Å². The van der Waals surface area contributed by atoms with E-state index in [9.17, 15) is 5.11 Å². The molecule has 0 amide bonds. The molecule has 0 bridgehead atoms. The predicted molar refractivity (Wildman–Crippen MR) is 66.0 cm³/mol. The number of rotatable bonds is 4. The number of aromatic nitrogens is 3. The molecule has 1 heterocycles. The fourth-order valence-corrected chi connectivity index (χ4v) is 1.65. The van der Waals surface area contributed by atoms with Crippen molar-refractivity contribution >= 4 is 0 Å². The van der Waals surface area contributed by atoms with Crippen LogP contribution in [-0.2, 0) is 6.42 Å². The normalized spacial score (nSPS) is 12.6. The van der Waals surface area contributed by atoms with Gasteiger partial charge in [-0.05, 0) is 30.5 Å². The van der Waals surface area contributed by atoms with E-state index in [4.69, 9.17) is 0 Å². The Morgan fingerprint density at radius 2 is 1.94 bits per heavy atom. The molecule has 1 aromatic heterocycles. The van der Waals surface area contributed by atoms with Crippen LogP contribution in [0.2, 0.25) is 0 Å². The van der Waals surface area contributed by atoms with Crippen LogP contribution in [0.3, 0.4) is 0 Å². The second-order valence-electron chi connectivity index (χ2n) is 4.03. The van der Waals surface area contributed by atoms with Gasteiger partial charge in [0.25, 0.3) is 0 Å². The Morgan fingerprint density at radius 1 is 1.24 bits per heavy atom. The summed E-state index contributed by atoms with van der Waals surface area (Å²) in [6.45, 7) is 4.04. The van der Waals surface area contributed by atoms with Crippen LogP contribution < -0.4 is 0 Å². The molecule has 1 aromatic carbocycles. The topological polar surface area (TPSA) is 50.9 Å². The lowest BCUT2D eigenvalue weighted by atomic mass is 10.1. The molecule has 1 N–H and O–H groups in total. The average molecular weight is 231 g/mol. The number of hydrogen-bond donors (Lipinski definition) is 1. The molecule has 4 heteroatoms. The lowest BCUT2D eigenvalue weighted by Gasteiger charge is -2.02. The van der Waals surface area contributed by atoms with E-state index in [1.807, 2.05) is 19.1 Å². The Bertz CT molecular complexity index is 476. The zero-order chi connectivity index (χ0) is 12.3. The number of hydrogen-bond acceptors (Lipinski definition) is 3. The maximum Gasteiger partial charge on any atom is 0.112 e. The maximum atomic E-state index is 9.66. The quantitative estimate of drug-likeness (QED) is 0.878. The van der Waals surface area contributed by atoms with Crippen LogP contribution in [0.5, 0.6) is 0 Å². The van der Waals surface area contributed by atoms with Crippen LogP contribution in [0, 0.1) is 0 Å². The highest BCUT2D eigenvalue weighted by Crippen LogP contribution is 2.15. The van der Waals surface area contributed by atoms with Crippen LogP contribution in [0.4, 0.5) is 0 Å². The molecule has 0 aliphatic heterocycles. The van der Waals surface area contributed by atoms with Gasteiger partial charge in [-0.15, -0.1) is 5.10 Å². The van der Waals surface area contributed by atoms with Crippen LogP contribution in [0.1, 0.15) is 37.6 Å². The molecule has 0 aliphatic carbocycles. The molecule has 0 aliphatic rings. The number of aryl methyl sites for hydroxylation is 1. The molecule has 0 radical (unpaired) electrons. The molecule has 0 saturated carbocycles. The Morgan fingerprint density at radius 3 is 2.53 bits per heavy atom. The van der Waals surface area contributed by atoms with E-state index in [-0.39, 0.29) is 0 Å². The van der Waals surface area contributed by atoms with Crippen LogP contribution in [0.25, 0.3) is 5.69 Å². The largest absolute Gasteiger partial charge is 0.387 e. The first-order chi connectivity index (χ1) is 8.24. The molecule has 2 aromatic rings. The highest BCUT2D eigenvalue weighted by Gasteiger charge is 2.10. The van der Waals surface area contributed by atoms with Crippen molar-refractivity contribution in [3.8, 4) is 5.69 Å². The van der Waals surface area contributed by atoms with Crippen molar-refractivity contribution < 1.29 is 5.11 Å². The van der Waals surface area contributed by atoms with Crippen LogP contribution >= 0.6 is 0 Å². The predicted octanol–water partition coefficient (Wildman–Crippen LogP) is 2.27. The van der Waals surface area contributed by atoms with Crippen molar-refractivity contribution in [3.05, 3.63) is 41.7 Å². The van der Waals surface area contributed by atoms with Crippen molar-refractivity contribution in [2.75, 3.05) is 0 Å². The van der Waals surface area contributed by atoms with Gasteiger partial charge in [0.15, 0.2) is 0 Å². The fourth-order valence-electron chi connectivity index (χ4n) is 1.65. The van der Waals surface area contributed by atoms with Crippen molar-refractivity contribution in [3.63, 3.8) is 0 Å². The first-order valence-electron chi connectivity index (χ1n) is 5.94. The standard InChI is InChI=1S/C13H17N3O/c1-3-10-5-7-11(8-6-10)16-9-12(14-15-16)13(17)4-2/h5-9,13,17H,3-4H2,1-2H3. The molecular formula is C13H17N3O. The number of benzene rings is 1. The summed E-state index contributed by atoms with van der Waals surface area (Å²) in [5, 5.41) is 17.6. The van der Waals surface area contributed by atoms with Crippen LogP contribution in [-0.4, -0.2) is 20.1 Å². The second kappa shape index (κ2) is 5.10. The first kappa shape index (κ1) is 11.8. The molecule has 90 valence electrons. The van der Waals surface area contributed by atoms with Gasteiger partial charge in [0.05, 0.1) is 18.0 Å². The number of aliphatic hydroxyl groups excluding tert-OH is 1. The Labute approximate surface area is 101 Å². The SMILES string of the molecule is CCc1ccc(-n2cc(C(O)CC)nn2)cc1. The number of aliphatic hydroxyl groups is 1. The fraction of sp³-hybridized carbons (Fsp3) is 0.385. The van der Waals surface area contributed by atoms with E-state index in [1.54, 1.807) is 10.9 Å². The summed E-state index contributed by atoms with van der Waals surface area (Å²) in [6, 6.07) is 8.17. The van der Waals surface area contributed by atoms with E-state index < -0.39 is 6.10 Å². The summed E-state index contributed by atoms with van der Waals surface area (Å²) in [6.07, 6.45) is 2.92. The molecule has 17 heavy (non-hydrogen) atoms. The second-order valence-corrected chi connectivity index (χ2v) is 4.03. The minimum Gasteiger partial charge on any atom is -0.387 e. The van der Waals surface area contributed by atoms with Gasteiger partial charge in [-0.3, -0.25) is 0 Å². The molecule has 0 saturated heterocycles. The molecule has 2 rings (SSSR count). The zero-order valence-electron chi connectivity index (χ0n) is 10.2. The summed E-state index contributed by atoms with van der Waals surface area (Å²) in [4.78, 5) is 0. The highest BCUT2D eigenvalue weighted by molar-refractivity contribution is 5.33. The summed E-state index contributed by atoms with van der Waals surface area (Å²) < 4.78 is 1.69. The van der Waals surface area contributed by atoms with E-state index in [1.165, 1.54) is 5.56 Å². The molecule has 1 atom stereocenters. The van der Waals surface area contributed by atoms with E-state index in [0.29, 0.717) is 12.1 Å². The van der Waals surface area contributed by atoms with Gasteiger partial charge in [-0.1, -0.05) is 31.2 Å². The minimum atomic E-state index is -0.529. The molecule has 4 nitrogen and oxygen atoms in total. The van der Waals surface area contributed by atoms with E-state index in [2.05, 4.69) is 29.4 Å². The van der Waals surface area contributed by atoms with Crippen LogP contribution in [0.15, 0.2) is 30.5 Å². The number of nitrogens with zero attached hydrogens (tertiary/aromatic N) is 3. The highest BCUT2D eigenvalue weighted by atomic mass is 16.3. The lowest BCUT2D eigenvalue weighted by Crippen LogP contribution is -1.95. The third-order valence-corrected chi connectivity index (χ3v) is 2.85. The van der Waals surface area contributed by atoms with Crippen molar-refractivity contribution in [2.45, 2.75) is 32.8 Å². The third kappa shape index (κ3) is 2.53. The van der Waals surface area contributed by atoms with Crippen molar-refractivity contribution in [1.29, 1.82) is 0 Å². The smallest absolute Gasteiger partial charge is 0.112 e. The molecule has 1 unspecified atom stereocenters. The third-order valence-electron chi connectivity index (χ3n) is 2.85. The van der Waals surface area contributed by atoms with Crippen molar-refractivity contribution in [2.24, 2.45) is 0 Å². The van der Waals surface area contributed by atoms with Gasteiger partial charge in [0.1, 0.15) is 5.69 Å². The molecule has 0 spiro atoms. The minimum absolute atomic E-state index is 0.529. The van der Waals surface area contributed by atoms with Gasteiger partial charge >= 0.3 is 0 Å². The summed E-state index contributed by atoms with van der Waals surface area (Å²) in [7, 11) is 0. The van der Waals surface area contributed by atoms with Gasteiger partial charge < -0.3 is 5.11 Å². The zero-order valence-corrected chi connectivity index (χ0v) is 10.2. The van der Waals surface area contributed by atoms with Crippen molar-refractivity contribution in [1.82, 2.24) is 15.0 Å². The summed E-state index contributed by atoms with van der Waals surface area (Å²) in [5.74, 6) is 0. The lowest BCUT2D eigenvalue weighted by molar-refractivity contribution is 0.169. The van der Waals surface area contributed by atoms with E-state index in [0.717, 1.165) is 12.1 Å². The summed E-state index contributed by atoms with van der Waals surface area (Å²) >= 11 is 0. The Kier molecular flexibility index (Phi) is 3.54. The molecule has 0 fully saturated rings. The maximum absolute atomic E-state index is 9.66. The average Bonchev–Trinajstić information content (AvgIpc) is 2.87. The van der Waals surface area contributed by atoms with Gasteiger partial charge in [0, 0.05) is 0 Å². The summed E-state index contributed by atoms with van der Waals surface area (Å²) in [5.41, 5.74) is 2.87. The van der Waals surface area contributed by atoms with Gasteiger partial charge in [-0.25, -0.2) is 4.68 Å². The first-order valence-corrected chi connectivity index (χ1v) is 5.94. The monoisotopic (exact) mass is 231 g/mol. The molecular weight excluding hydrogens is 214 g/mol. The van der Waals surface area contributed by atoms with E-state index >= 15 is 0 Å². The Hall–Kier alpha value is -1.68. The van der Waals surface area contributed by atoms with Gasteiger partial charge in [-0.2, -0.15) is 0 Å². The Balaban J connectivity index is 2.24.